The second kappa shape index (κ2) is 9.39. The minimum Gasteiger partial charge on any atom is -0.329 e. The van der Waals surface area contributed by atoms with Crippen LogP contribution in [0.5, 0.6) is 0 Å². The Morgan fingerprint density at radius 3 is 1.79 bits per heavy atom. The number of hydrogen-bond donors (Lipinski definition) is 1. The van der Waals surface area contributed by atoms with Crippen LogP contribution in [0.2, 0.25) is 0 Å². The predicted octanol–water partition coefficient (Wildman–Crippen LogP) is 5.37. The summed E-state index contributed by atoms with van der Waals surface area (Å²) in [6.07, 6.45) is 2.46. The number of para-hydroxylation sites is 2. The number of benzene rings is 3. The molecule has 1 aliphatic rings. The van der Waals surface area contributed by atoms with Crippen LogP contribution in [-0.4, -0.2) is 30.6 Å². The third-order valence-corrected chi connectivity index (χ3v) is 5.37. The molecule has 3 aromatic carbocycles. The zero-order valence-electron chi connectivity index (χ0n) is 16.6. The second-order valence-electron chi connectivity index (χ2n) is 7.43. The molecule has 148 valence electrons. The molecule has 1 fully saturated rings. The molecule has 4 heteroatoms. The van der Waals surface area contributed by atoms with Gasteiger partial charge in [-0.05, 0) is 55.8 Å². The molecule has 0 bridgehead atoms. The Labute approximate surface area is 172 Å². The highest BCUT2D eigenvalue weighted by molar-refractivity contribution is 5.99. The Morgan fingerprint density at radius 1 is 0.793 bits per heavy atom. The van der Waals surface area contributed by atoms with E-state index in [4.69, 9.17) is 0 Å². The molecule has 2 amide bonds. The van der Waals surface area contributed by atoms with Crippen molar-refractivity contribution in [3.05, 3.63) is 96.6 Å². The minimum atomic E-state index is -0.115. The van der Waals surface area contributed by atoms with Crippen LogP contribution in [-0.2, 0) is 0 Å². The molecule has 4 nitrogen and oxygen atoms in total. The molecule has 3 aromatic rings. The first-order valence-electron chi connectivity index (χ1n) is 10.3. The molecule has 1 aliphatic heterocycles. The number of urea groups is 1. The van der Waals surface area contributed by atoms with E-state index in [1.807, 2.05) is 78.9 Å². The molecule has 29 heavy (non-hydrogen) atoms. The first-order chi connectivity index (χ1) is 14.3. The lowest BCUT2D eigenvalue weighted by molar-refractivity contribution is 0.237. The largest absolute Gasteiger partial charge is 0.329 e. The Kier molecular flexibility index (Phi) is 6.22. The highest BCUT2D eigenvalue weighted by atomic mass is 16.2. The van der Waals surface area contributed by atoms with Crippen molar-refractivity contribution >= 4 is 17.4 Å². The van der Waals surface area contributed by atoms with E-state index in [0.29, 0.717) is 0 Å². The standard InChI is InChI=1S/C25H27N3O/c29-25(28(22-14-6-2-7-15-22)23-16-8-3-9-17-23)26-24(20-27-18-10-11-19-27)21-12-4-1-5-13-21/h1-9,12-17,24H,10-11,18-20H2,(H,26,29)/t24-/m1/s1. The van der Waals surface area contributed by atoms with Crippen molar-refractivity contribution in [2.24, 2.45) is 0 Å². The number of nitrogens with one attached hydrogen (secondary N) is 1. The zero-order valence-corrected chi connectivity index (χ0v) is 16.6. The van der Waals surface area contributed by atoms with Gasteiger partial charge in [-0.15, -0.1) is 0 Å². The molecule has 1 saturated heterocycles. The van der Waals surface area contributed by atoms with E-state index in [-0.39, 0.29) is 12.1 Å². The fraction of sp³-hybridized carbons (Fsp3) is 0.240. The van der Waals surface area contributed by atoms with E-state index in [0.717, 1.165) is 36.6 Å². The number of hydrogen-bond acceptors (Lipinski definition) is 2. The first kappa shape index (κ1) is 19.2. The molecule has 0 aromatic heterocycles. The van der Waals surface area contributed by atoms with Gasteiger partial charge >= 0.3 is 6.03 Å². The number of likely N-dealkylation sites (tertiary alicyclic amines) is 1. The molecule has 4 rings (SSSR count). The van der Waals surface area contributed by atoms with Gasteiger partial charge in [-0.2, -0.15) is 0 Å². The second-order valence-corrected chi connectivity index (χ2v) is 7.43. The molecule has 0 spiro atoms. The van der Waals surface area contributed by atoms with Crippen LogP contribution < -0.4 is 10.2 Å². The maximum Gasteiger partial charge on any atom is 0.327 e. The maximum atomic E-state index is 13.5. The molecule has 1 N–H and O–H groups in total. The van der Waals surface area contributed by atoms with Gasteiger partial charge in [0.1, 0.15) is 0 Å². The van der Waals surface area contributed by atoms with Gasteiger partial charge in [0.05, 0.1) is 17.4 Å². The van der Waals surface area contributed by atoms with Crippen molar-refractivity contribution in [3.63, 3.8) is 0 Å². The van der Waals surface area contributed by atoms with Gasteiger partial charge in [0.2, 0.25) is 0 Å². The summed E-state index contributed by atoms with van der Waals surface area (Å²) in [5.41, 5.74) is 2.84. The smallest absolute Gasteiger partial charge is 0.327 e. The first-order valence-corrected chi connectivity index (χ1v) is 10.3. The van der Waals surface area contributed by atoms with Crippen molar-refractivity contribution in [3.8, 4) is 0 Å². The lowest BCUT2D eigenvalue weighted by Gasteiger charge is -2.29. The summed E-state index contributed by atoms with van der Waals surface area (Å²) in [6, 6.07) is 29.7. The van der Waals surface area contributed by atoms with Crippen LogP contribution in [0.1, 0.15) is 24.4 Å². The fourth-order valence-corrected chi connectivity index (χ4v) is 3.89. The number of carbonyl (C=O) groups is 1. The van der Waals surface area contributed by atoms with Gasteiger partial charge in [0.15, 0.2) is 0 Å². The number of nitrogens with zero attached hydrogens (tertiary/aromatic N) is 2. The van der Waals surface area contributed by atoms with E-state index in [1.165, 1.54) is 12.8 Å². The highest BCUT2D eigenvalue weighted by Crippen LogP contribution is 2.26. The van der Waals surface area contributed by atoms with Crippen molar-refractivity contribution in [2.45, 2.75) is 18.9 Å². The van der Waals surface area contributed by atoms with Crippen molar-refractivity contribution in [2.75, 3.05) is 24.5 Å². The van der Waals surface area contributed by atoms with Gasteiger partial charge in [-0.3, -0.25) is 4.90 Å². The van der Waals surface area contributed by atoms with Gasteiger partial charge in [0.25, 0.3) is 0 Å². The van der Waals surface area contributed by atoms with Crippen LogP contribution in [0, 0.1) is 0 Å². The normalized spacial score (nSPS) is 15.0. The van der Waals surface area contributed by atoms with E-state index in [1.54, 1.807) is 4.90 Å². The summed E-state index contributed by atoms with van der Waals surface area (Å²) < 4.78 is 0. The monoisotopic (exact) mass is 385 g/mol. The molecule has 1 atom stereocenters. The average molecular weight is 386 g/mol. The van der Waals surface area contributed by atoms with Crippen LogP contribution in [0.25, 0.3) is 0 Å². The van der Waals surface area contributed by atoms with E-state index >= 15 is 0 Å². The average Bonchev–Trinajstić information content (AvgIpc) is 3.29. The van der Waals surface area contributed by atoms with E-state index in [9.17, 15) is 4.79 Å². The molecular weight excluding hydrogens is 358 g/mol. The lowest BCUT2D eigenvalue weighted by Crippen LogP contribution is -2.43. The summed E-state index contributed by atoms with van der Waals surface area (Å²) in [5.74, 6) is 0. The zero-order chi connectivity index (χ0) is 19.9. The van der Waals surface area contributed by atoms with Crippen LogP contribution in [0.3, 0.4) is 0 Å². The molecule has 1 heterocycles. The number of amides is 2. The van der Waals surface area contributed by atoms with Gasteiger partial charge in [-0.1, -0.05) is 66.7 Å². The molecular formula is C25H27N3O. The Bertz CT molecular complexity index is 854. The molecule has 0 radical (unpaired) electrons. The molecule has 0 unspecified atom stereocenters. The topological polar surface area (TPSA) is 35.6 Å². The Morgan fingerprint density at radius 2 is 1.28 bits per heavy atom. The van der Waals surface area contributed by atoms with Crippen LogP contribution in [0.15, 0.2) is 91.0 Å². The predicted molar refractivity (Wildman–Crippen MR) is 118 cm³/mol. The summed E-state index contributed by atoms with van der Waals surface area (Å²) in [7, 11) is 0. The third-order valence-electron chi connectivity index (χ3n) is 5.37. The van der Waals surface area contributed by atoms with Gasteiger partial charge < -0.3 is 10.2 Å². The SMILES string of the molecule is O=C(N[C@H](CN1CCCC1)c1ccccc1)N(c1ccccc1)c1ccccc1. The Hall–Kier alpha value is -3.11. The van der Waals surface area contributed by atoms with Crippen molar-refractivity contribution < 1.29 is 4.79 Å². The van der Waals surface area contributed by atoms with Gasteiger partial charge in [0, 0.05) is 6.54 Å². The number of rotatable bonds is 6. The maximum absolute atomic E-state index is 13.5. The van der Waals surface area contributed by atoms with Gasteiger partial charge in [-0.25, -0.2) is 4.79 Å². The van der Waals surface area contributed by atoms with Crippen LogP contribution in [0.4, 0.5) is 16.2 Å². The number of carbonyl (C=O) groups excluding carboxylic acids is 1. The van der Waals surface area contributed by atoms with Crippen molar-refractivity contribution in [1.82, 2.24) is 10.2 Å². The summed E-state index contributed by atoms with van der Waals surface area (Å²) in [6.45, 7) is 3.02. The number of anilines is 2. The Balaban J connectivity index is 1.61. The van der Waals surface area contributed by atoms with Crippen molar-refractivity contribution in [1.29, 1.82) is 0 Å². The van der Waals surface area contributed by atoms with E-state index in [2.05, 4.69) is 22.3 Å². The quantitative estimate of drug-likeness (QED) is 0.619. The van der Waals surface area contributed by atoms with Crippen LogP contribution >= 0.6 is 0 Å². The highest BCUT2D eigenvalue weighted by Gasteiger charge is 2.24. The fourth-order valence-electron chi connectivity index (χ4n) is 3.89. The summed E-state index contributed by atoms with van der Waals surface area (Å²) >= 11 is 0. The summed E-state index contributed by atoms with van der Waals surface area (Å²) in [4.78, 5) is 17.7. The minimum absolute atomic E-state index is 0.0586. The molecule has 0 saturated carbocycles. The lowest BCUT2D eigenvalue weighted by atomic mass is 10.1. The molecule has 0 aliphatic carbocycles. The summed E-state index contributed by atoms with van der Waals surface area (Å²) in [5, 5.41) is 3.30. The third kappa shape index (κ3) is 4.84. The van der Waals surface area contributed by atoms with E-state index < -0.39 is 0 Å².